The number of alkyl halides is 3. The van der Waals surface area contributed by atoms with Gasteiger partial charge in [0.1, 0.15) is 17.0 Å². The molecule has 0 aliphatic carbocycles. The van der Waals surface area contributed by atoms with Crippen molar-refractivity contribution in [2.45, 2.75) is 64.8 Å². The first-order chi connectivity index (χ1) is 23.6. The Morgan fingerprint density at radius 2 is 1.30 bits per heavy atom. The summed E-state index contributed by atoms with van der Waals surface area (Å²) in [5, 5.41) is -0.0422. The van der Waals surface area contributed by atoms with Crippen molar-refractivity contribution in [1.82, 2.24) is 9.55 Å². The Kier molecular flexibility index (Phi) is 8.08. The van der Waals surface area contributed by atoms with Crippen LogP contribution in [0.25, 0.3) is 61.2 Å². The highest BCUT2D eigenvalue weighted by atomic mass is 19.4. The zero-order valence-corrected chi connectivity index (χ0v) is 29.1. The minimum atomic E-state index is -4.59. The van der Waals surface area contributed by atoms with Crippen LogP contribution in [-0.2, 0) is 5.21 Å². The highest BCUT2D eigenvalue weighted by Crippen LogP contribution is 2.49. The van der Waals surface area contributed by atoms with E-state index in [-0.39, 0.29) is 17.4 Å². The first-order valence-electron chi connectivity index (χ1n) is 16.9. The number of benzene rings is 5. The second-order valence-electron chi connectivity index (χ2n) is 14.4. The van der Waals surface area contributed by atoms with Crippen molar-refractivity contribution in [1.29, 1.82) is 0 Å². The van der Waals surface area contributed by atoms with Gasteiger partial charge in [-0.1, -0.05) is 119 Å². The molecule has 0 amide bonds. The largest absolute Gasteiger partial charge is 0.455 e. The third-order valence-electron chi connectivity index (χ3n) is 10.3. The second kappa shape index (κ2) is 12.0. The van der Waals surface area contributed by atoms with Crippen LogP contribution >= 0.6 is 0 Å². The van der Waals surface area contributed by atoms with Crippen LogP contribution in [-0.4, -0.2) is 31.4 Å². The van der Waals surface area contributed by atoms with Crippen LogP contribution < -0.4 is 0 Å². The molecular formula is C42H37B2F3N2O. The molecule has 2 aromatic heterocycles. The lowest BCUT2D eigenvalue weighted by atomic mass is 9.40. The van der Waals surface area contributed by atoms with Crippen molar-refractivity contribution >= 4 is 48.7 Å². The van der Waals surface area contributed by atoms with Crippen molar-refractivity contribution in [3.05, 3.63) is 120 Å². The molecule has 0 atom stereocenters. The van der Waals surface area contributed by atoms with Crippen LogP contribution in [0.4, 0.5) is 13.2 Å². The van der Waals surface area contributed by atoms with Crippen molar-refractivity contribution in [2.75, 3.05) is 0 Å². The molecule has 50 heavy (non-hydrogen) atoms. The molecule has 3 nitrogen and oxygen atoms in total. The Morgan fingerprint density at radius 3 is 1.94 bits per heavy atom. The van der Waals surface area contributed by atoms with E-state index in [1.54, 1.807) is 24.3 Å². The number of nitrogens with zero attached hydrogens (tertiary/aromatic N) is 2. The molecule has 8 heteroatoms. The van der Waals surface area contributed by atoms with Gasteiger partial charge in [0.05, 0.1) is 43.4 Å². The minimum Gasteiger partial charge on any atom is -0.455 e. The summed E-state index contributed by atoms with van der Waals surface area (Å²) in [7, 11) is 12.4. The maximum Gasteiger partial charge on any atom is 0.393 e. The topological polar surface area (TPSA) is 31.0 Å². The van der Waals surface area contributed by atoms with Gasteiger partial charge in [0.2, 0.25) is 0 Å². The molecule has 0 aliphatic heterocycles. The summed E-state index contributed by atoms with van der Waals surface area (Å²) in [6.45, 7) is 10.8. The molecule has 0 bridgehead atoms. The van der Waals surface area contributed by atoms with Gasteiger partial charge in [0.15, 0.2) is 0 Å². The minimum absolute atomic E-state index is 0.117. The summed E-state index contributed by atoms with van der Waals surface area (Å²) in [6, 6.07) is 33.6. The third kappa shape index (κ3) is 5.26. The predicted molar refractivity (Wildman–Crippen MR) is 200 cm³/mol. The average molecular weight is 664 g/mol. The van der Waals surface area contributed by atoms with Crippen molar-refractivity contribution < 1.29 is 17.6 Å². The van der Waals surface area contributed by atoms with E-state index in [0.717, 1.165) is 86.1 Å². The van der Waals surface area contributed by atoms with Crippen molar-refractivity contribution in [3.63, 3.8) is 0 Å². The first kappa shape index (κ1) is 33.8. The maximum absolute atomic E-state index is 13.9. The molecule has 0 N–H and O–H groups in total. The zero-order valence-electron chi connectivity index (χ0n) is 29.1. The molecule has 0 fully saturated rings. The summed E-state index contributed by atoms with van der Waals surface area (Å²) < 4.78 is 50.6. The molecule has 7 rings (SSSR count). The van der Waals surface area contributed by atoms with E-state index in [1.807, 2.05) is 36.4 Å². The first-order valence-corrected chi connectivity index (χ1v) is 16.9. The highest BCUT2D eigenvalue weighted by molar-refractivity contribution is 6.40. The number of hydrogen-bond donors (Lipinski definition) is 0. The number of aromatic nitrogens is 2. The molecule has 7 aromatic rings. The Morgan fingerprint density at radius 1 is 0.700 bits per heavy atom. The van der Waals surface area contributed by atoms with Gasteiger partial charge in [0, 0.05) is 10.8 Å². The monoisotopic (exact) mass is 664 g/mol. The maximum atomic E-state index is 13.9. The molecule has 5 aromatic carbocycles. The lowest BCUT2D eigenvalue weighted by Crippen LogP contribution is -2.52. The number of rotatable bonds is 7. The number of para-hydroxylation sites is 4. The SMILES string of the molecule is [B]C([B])(c1ccc(-c2cc(C(C)C)c(-n3c(-c4cccc5c4oc4ccccc45)nc4ccccc43)c(C(C)C)c2)cc1)C(C)(C)C(F)(F)F. The van der Waals surface area contributed by atoms with Crippen molar-refractivity contribution in [2.24, 2.45) is 5.41 Å². The highest BCUT2D eigenvalue weighted by Gasteiger charge is 2.55. The van der Waals surface area contributed by atoms with E-state index in [1.165, 1.54) is 0 Å². The molecule has 248 valence electrons. The van der Waals surface area contributed by atoms with E-state index in [4.69, 9.17) is 25.1 Å². The van der Waals surface area contributed by atoms with E-state index in [9.17, 15) is 13.2 Å². The Bertz CT molecular complexity index is 2350. The molecule has 0 spiro atoms. The average Bonchev–Trinajstić information content (AvgIpc) is 3.66. The lowest BCUT2D eigenvalue weighted by Gasteiger charge is -2.44. The standard InChI is InChI=1S/C42H37B2F3N2O/c1-24(2)32-22-27(26-18-20-28(21-19-26)41(43,44)40(5,6)42(45,46)47)23-33(25(3)4)37(32)49-35-16-9-8-15-34(35)48-39(49)31-14-11-13-30-29-12-7-10-17-36(29)50-38(30)31/h7-25H,1-6H3. The summed E-state index contributed by atoms with van der Waals surface area (Å²) in [6.07, 6.45) is -4.59. The van der Waals surface area contributed by atoms with E-state index in [2.05, 4.69) is 74.7 Å². The second-order valence-corrected chi connectivity index (χ2v) is 14.4. The van der Waals surface area contributed by atoms with Crippen LogP contribution in [0, 0.1) is 5.41 Å². The summed E-state index contributed by atoms with van der Waals surface area (Å²) in [5.41, 5.74) is 7.29. The summed E-state index contributed by atoms with van der Waals surface area (Å²) in [5.74, 6) is 1.02. The van der Waals surface area contributed by atoms with Gasteiger partial charge in [-0.2, -0.15) is 13.2 Å². The number of imidazole rings is 1. The molecule has 4 radical (unpaired) electrons. The Hall–Kier alpha value is -4.71. The van der Waals surface area contributed by atoms with E-state index >= 15 is 0 Å². The van der Waals surface area contributed by atoms with Gasteiger partial charge in [0.25, 0.3) is 0 Å². The lowest BCUT2D eigenvalue weighted by molar-refractivity contribution is -0.217. The van der Waals surface area contributed by atoms with Crippen LogP contribution in [0.3, 0.4) is 0 Å². The van der Waals surface area contributed by atoms with Crippen molar-refractivity contribution in [3.8, 4) is 28.2 Å². The van der Waals surface area contributed by atoms with Gasteiger partial charge in [-0.3, -0.25) is 4.57 Å². The molecular weight excluding hydrogens is 627 g/mol. The smallest absolute Gasteiger partial charge is 0.393 e. The molecule has 0 saturated carbocycles. The number of hydrogen-bond acceptors (Lipinski definition) is 2. The predicted octanol–water partition coefficient (Wildman–Crippen LogP) is 11.6. The summed E-state index contributed by atoms with van der Waals surface area (Å²) >= 11 is 0. The van der Waals surface area contributed by atoms with Crippen LogP contribution in [0.1, 0.15) is 70.1 Å². The Balaban J connectivity index is 1.45. The van der Waals surface area contributed by atoms with Crippen LogP contribution in [0.2, 0.25) is 0 Å². The van der Waals surface area contributed by atoms with E-state index < -0.39 is 16.8 Å². The number of furan rings is 1. The molecule has 0 unspecified atom stereocenters. The Labute approximate surface area is 293 Å². The molecule has 0 aliphatic rings. The quantitative estimate of drug-likeness (QED) is 0.159. The van der Waals surface area contributed by atoms with Gasteiger partial charge in [-0.25, -0.2) is 4.98 Å². The van der Waals surface area contributed by atoms with E-state index in [0.29, 0.717) is 0 Å². The number of fused-ring (bicyclic) bond motifs is 4. The molecule has 2 heterocycles. The van der Waals surface area contributed by atoms with Crippen LogP contribution in [0.15, 0.2) is 108 Å². The van der Waals surface area contributed by atoms with Gasteiger partial charge in [-0.15, -0.1) is 0 Å². The van der Waals surface area contributed by atoms with Crippen LogP contribution in [0.5, 0.6) is 0 Å². The fourth-order valence-electron chi connectivity index (χ4n) is 6.88. The van der Waals surface area contributed by atoms with Gasteiger partial charge in [-0.05, 0) is 70.5 Å². The van der Waals surface area contributed by atoms with Gasteiger partial charge < -0.3 is 4.42 Å². The number of halogens is 3. The fraction of sp³-hybridized carbons (Fsp3) is 0.262. The normalized spacial score (nSPS) is 13.0. The molecule has 0 saturated heterocycles. The zero-order chi connectivity index (χ0) is 35.7. The third-order valence-corrected chi connectivity index (χ3v) is 10.3. The summed E-state index contributed by atoms with van der Waals surface area (Å²) in [4.78, 5) is 5.23. The van der Waals surface area contributed by atoms with Gasteiger partial charge >= 0.3 is 6.18 Å². The fourth-order valence-corrected chi connectivity index (χ4v) is 6.88.